The normalized spacial score (nSPS) is 20.9. The lowest BCUT2D eigenvalue weighted by Gasteiger charge is -2.46. The van der Waals surface area contributed by atoms with Gasteiger partial charge in [-0.25, -0.2) is 0 Å². The highest BCUT2D eigenvalue weighted by atomic mass is 15.2. The molecule has 118 valence electrons. The number of piperidine rings is 1. The summed E-state index contributed by atoms with van der Waals surface area (Å²) in [7, 11) is 0. The van der Waals surface area contributed by atoms with E-state index < -0.39 is 0 Å². The Morgan fingerprint density at radius 3 is 2.29 bits per heavy atom. The Bertz CT molecular complexity index is 397. The molecule has 2 N–H and O–H groups in total. The zero-order valence-electron chi connectivity index (χ0n) is 13.9. The first-order valence-electron chi connectivity index (χ1n) is 8.80. The second-order valence-corrected chi connectivity index (χ2v) is 6.56. The van der Waals surface area contributed by atoms with Gasteiger partial charge in [0.2, 0.25) is 0 Å². The standard InChI is InChI=1S/C19H32N2/c1-3-11-18(21-15-9-6-10-16-21)19(20,14-4-2)17-12-7-5-8-13-17/h5,7-8,12-13,18H,3-4,6,9-11,14-16,20H2,1-2H3. The van der Waals surface area contributed by atoms with E-state index >= 15 is 0 Å². The van der Waals surface area contributed by atoms with Crippen LogP contribution in [-0.2, 0) is 5.54 Å². The van der Waals surface area contributed by atoms with Crippen molar-refractivity contribution in [1.29, 1.82) is 0 Å². The van der Waals surface area contributed by atoms with Crippen LogP contribution in [0, 0.1) is 0 Å². The first-order chi connectivity index (χ1) is 10.2. The van der Waals surface area contributed by atoms with E-state index in [1.165, 1.54) is 50.8 Å². The van der Waals surface area contributed by atoms with Crippen LogP contribution in [0.2, 0.25) is 0 Å². The largest absolute Gasteiger partial charge is 0.320 e. The van der Waals surface area contributed by atoms with Crippen LogP contribution in [0.1, 0.15) is 64.4 Å². The molecule has 1 aliphatic heterocycles. The van der Waals surface area contributed by atoms with Gasteiger partial charge in [0, 0.05) is 6.04 Å². The summed E-state index contributed by atoms with van der Waals surface area (Å²) in [6.45, 7) is 6.98. The maximum Gasteiger partial charge on any atom is 0.0567 e. The van der Waals surface area contributed by atoms with E-state index in [9.17, 15) is 0 Å². The van der Waals surface area contributed by atoms with Gasteiger partial charge in [-0.15, -0.1) is 0 Å². The Hall–Kier alpha value is -0.860. The third-order valence-electron chi connectivity index (χ3n) is 4.96. The fourth-order valence-corrected chi connectivity index (χ4v) is 3.93. The molecular formula is C19H32N2. The Morgan fingerprint density at radius 1 is 1.05 bits per heavy atom. The number of hydrogen-bond donors (Lipinski definition) is 1. The summed E-state index contributed by atoms with van der Waals surface area (Å²) < 4.78 is 0. The van der Waals surface area contributed by atoms with Crippen LogP contribution in [-0.4, -0.2) is 24.0 Å². The minimum atomic E-state index is -0.205. The number of nitrogens with two attached hydrogens (primary N) is 1. The Kier molecular flexibility index (Phi) is 6.25. The molecule has 2 nitrogen and oxygen atoms in total. The van der Waals surface area contributed by atoms with Crippen molar-refractivity contribution in [1.82, 2.24) is 4.90 Å². The van der Waals surface area contributed by atoms with Gasteiger partial charge in [-0.1, -0.05) is 63.4 Å². The predicted octanol–water partition coefficient (Wildman–Crippen LogP) is 4.30. The summed E-state index contributed by atoms with van der Waals surface area (Å²) in [4.78, 5) is 2.68. The average Bonchev–Trinajstić information content (AvgIpc) is 2.54. The van der Waals surface area contributed by atoms with Gasteiger partial charge in [-0.2, -0.15) is 0 Å². The number of rotatable bonds is 7. The average molecular weight is 288 g/mol. The SMILES string of the molecule is CCCC(N1CCCCC1)C(N)(CCC)c1ccccc1. The smallest absolute Gasteiger partial charge is 0.0567 e. The van der Waals surface area contributed by atoms with Crippen molar-refractivity contribution in [3.63, 3.8) is 0 Å². The highest BCUT2D eigenvalue weighted by Gasteiger charge is 2.39. The van der Waals surface area contributed by atoms with E-state index in [1.807, 2.05) is 0 Å². The van der Waals surface area contributed by atoms with E-state index in [0.29, 0.717) is 6.04 Å². The first-order valence-corrected chi connectivity index (χ1v) is 8.80. The Balaban J connectivity index is 2.30. The molecule has 21 heavy (non-hydrogen) atoms. The minimum Gasteiger partial charge on any atom is -0.320 e. The molecule has 0 bridgehead atoms. The summed E-state index contributed by atoms with van der Waals surface area (Å²) in [5.41, 5.74) is 8.16. The quantitative estimate of drug-likeness (QED) is 0.810. The zero-order valence-corrected chi connectivity index (χ0v) is 13.9. The van der Waals surface area contributed by atoms with Crippen molar-refractivity contribution in [3.05, 3.63) is 35.9 Å². The van der Waals surface area contributed by atoms with Crippen LogP contribution < -0.4 is 5.73 Å². The van der Waals surface area contributed by atoms with E-state index in [4.69, 9.17) is 5.73 Å². The minimum absolute atomic E-state index is 0.205. The van der Waals surface area contributed by atoms with Gasteiger partial charge in [-0.05, 0) is 44.3 Å². The Morgan fingerprint density at radius 2 is 1.71 bits per heavy atom. The van der Waals surface area contributed by atoms with E-state index in [-0.39, 0.29) is 5.54 Å². The van der Waals surface area contributed by atoms with Crippen molar-refractivity contribution in [3.8, 4) is 0 Å². The molecule has 0 spiro atoms. The van der Waals surface area contributed by atoms with E-state index in [0.717, 1.165) is 12.8 Å². The molecule has 1 heterocycles. The van der Waals surface area contributed by atoms with Gasteiger partial charge in [0.05, 0.1) is 5.54 Å². The lowest BCUT2D eigenvalue weighted by molar-refractivity contribution is 0.0829. The van der Waals surface area contributed by atoms with Gasteiger partial charge in [0.25, 0.3) is 0 Å². The van der Waals surface area contributed by atoms with Gasteiger partial charge in [0.15, 0.2) is 0 Å². The maximum absolute atomic E-state index is 7.05. The maximum atomic E-state index is 7.05. The molecule has 2 heteroatoms. The first kappa shape index (κ1) is 16.5. The van der Waals surface area contributed by atoms with Gasteiger partial charge in [0.1, 0.15) is 0 Å². The molecule has 1 fully saturated rings. The molecule has 0 aliphatic carbocycles. The van der Waals surface area contributed by atoms with Gasteiger partial charge >= 0.3 is 0 Å². The lowest BCUT2D eigenvalue weighted by Crippen LogP contribution is -2.57. The molecule has 2 rings (SSSR count). The number of nitrogens with zero attached hydrogens (tertiary/aromatic N) is 1. The molecule has 0 saturated carbocycles. The molecule has 2 unspecified atom stereocenters. The molecule has 0 aromatic heterocycles. The summed E-state index contributed by atoms with van der Waals surface area (Å²) in [5.74, 6) is 0. The molecule has 1 aromatic carbocycles. The number of benzene rings is 1. The number of likely N-dealkylation sites (tertiary alicyclic amines) is 1. The molecule has 1 saturated heterocycles. The second kappa shape index (κ2) is 7.95. The summed E-state index contributed by atoms with van der Waals surface area (Å²) in [6, 6.07) is 11.3. The van der Waals surface area contributed by atoms with Crippen LogP contribution >= 0.6 is 0 Å². The van der Waals surface area contributed by atoms with Gasteiger partial charge < -0.3 is 5.73 Å². The third-order valence-corrected chi connectivity index (χ3v) is 4.96. The molecule has 2 atom stereocenters. The van der Waals surface area contributed by atoms with Crippen LogP contribution in [0.4, 0.5) is 0 Å². The second-order valence-electron chi connectivity index (χ2n) is 6.56. The lowest BCUT2D eigenvalue weighted by atomic mass is 9.77. The van der Waals surface area contributed by atoms with Crippen LogP contribution in [0.5, 0.6) is 0 Å². The van der Waals surface area contributed by atoms with Crippen molar-refractivity contribution in [2.45, 2.75) is 70.4 Å². The molecule has 0 radical (unpaired) electrons. The van der Waals surface area contributed by atoms with Crippen molar-refractivity contribution in [2.75, 3.05) is 13.1 Å². The fraction of sp³-hybridized carbons (Fsp3) is 0.684. The highest BCUT2D eigenvalue weighted by Crippen LogP contribution is 2.34. The predicted molar refractivity (Wildman–Crippen MR) is 91.3 cm³/mol. The van der Waals surface area contributed by atoms with Crippen molar-refractivity contribution < 1.29 is 0 Å². The monoisotopic (exact) mass is 288 g/mol. The molecule has 1 aliphatic rings. The molecular weight excluding hydrogens is 256 g/mol. The molecule has 1 aromatic rings. The summed E-state index contributed by atoms with van der Waals surface area (Å²) >= 11 is 0. The zero-order chi connectivity index (χ0) is 15.1. The number of hydrogen-bond acceptors (Lipinski definition) is 2. The van der Waals surface area contributed by atoms with Gasteiger partial charge in [-0.3, -0.25) is 4.90 Å². The van der Waals surface area contributed by atoms with Crippen molar-refractivity contribution in [2.24, 2.45) is 5.73 Å². The van der Waals surface area contributed by atoms with E-state index in [1.54, 1.807) is 0 Å². The highest BCUT2D eigenvalue weighted by molar-refractivity contribution is 5.26. The van der Waals surface area contributed by atoms with E-state index in [2.05, 4.69) is 49.1 Å². The van der Waals surface area contributed by atoms with Crippen LogP contribution in [0.15, 0.2) is 30.3 Å². The summed E-state index contributed by atoms with van der Waals surface area (Å²) in [6.07, 6.45) is 8.65. The van der Waals surface area contributed by atoms with Crippen LogP contribution in [0.3, 0.4) is 0 Å². The topological polar surface area (TPSA) is 29.3 Å². The van der Waals surface area contributed by atoms with Crippen molar-refractivity contribution >= 4 is 0 Å². The summed E-state index contributed by atoms with van der Waals surface area (Å²) in [5, 5.41) is 0. The molecule has 0 amide bonds. The Labute approximate surface area is 130 Å². The third kappa shape index (κ3) is 3.87. The fourth-order valence-electron chi connectivity index (χ4n) is 3.93. The van der Waals surface area contributed by atoms with Crippen LogP contribution in [0.25, 0.3) is 0 Å².